The van der Waals surface area contributed by atoms with Gasteiger partial charge in [0.2, 0.25) is 5.78 Å². The number of benzene rings is 1. The summed E-state index contributed by atoms with van der Waals surface area (Å²) in [5.41, 5.74) is 0.751. The van der Waals surface area contributed by atoms with Gasteiger partial charge in [-0.25, -0.2) is 0 Å². The Bertz CT molecular complexity index is 522. The second kappa shape index (κ2) is 4.00. The molecule has 0 amide bonds. The van der Waals surface area contributed by atoms with E-state index in [0.717, 1.165) is 17.4 Å². The summed E-state index contributed by atoms with van der Waals surface area (Å²) in [6, 6.07) is 9.43. The van der Waals surface area contributed by atoms with Crippen molar-refractivity contribution in [3.05, 3.63) is 36.1 Å². The Labute approximate surface area is 99.4 Å². The average molecular weight is 230 g/mol. The van der Waals surface area contributed by atoms with Crippen LogP contribution in [0, 0.1) is 5.92 Å². The van der Waals surface area contributed by atoms with Gasteiger partial charge in [-0.05, 0) is 24.5 Å². The van der Waals surface area contributed by atoms with E-state index in [1.54, 1.807) is 6.07 Å². The third-order valence-electron chi connectivity index (χ3n) is 3.31. The fraction of sp³-hybridized carbons (Fsp3) is 0.357. The predicted molar refractivity (Wildman–Crippen MR) is 64.1 cm³/mol. The molecule has 2 unspecified atom stereocenters. The molecule has 0 spiro atoms. The molecule has 17 heavy (non-hydrogen) atoms. The zero-order valence-corrected chi connectivity index (χ0v) is 9.68. The van der Waals surface area contributed by atoms with Gasteiger partial charge in [-0.2, -0.15) is 0 Å². The van der Waals surface area contributed by atoms with Crippen molar-refractivity contribution in [3.8, 4) is 0 Å². The second-order valence-electron chi connectivity index (χ2n) is 4.57. The molecule has 1 fully saturated rings. The first-order chi connectivity index (χ1) is 8.25. The minimum atomic E-state index is -0.337. The standard InChI is InChI=1S/C14H14O3/c1-9-6-7-16-14(9)13(15)12-8-10-4-2-3-5-11(10)17-12/h2-5,8-9,14H,6-7H2,1H3. The van der Waals surface area contributed by atoms with Crippen molar-refractivity contribution in [1.82, 2.24) is 0 Å². The number of hydrogen-bond donors (Lipinski definition) is 0. The van der Waals surface area contributed by atoms with E-state index in [1.165, 1.54) is 0 Å². The SMILES string of the molecule is CC1CCOC1C(=O)c1cc2ccccc2o1. The Kier molecular flexibility index (Phi) is 2.48. The first-order valence-corrected chi connectivity index (χ1v) is 5.90. The molecule has 1 saturated heterocycles. The quantitative estimate of drug-likeness (QED) is 0.744. The maximum absolute atomic E-state index is 12.2. The maximum atomic E-state index is 12.2. The number of ether oxygens (including phenoxy) is 1. The summed E-state index contributed by atoms with van der Waals surface area (Å²) in [6.07, 6.45) is 0.604. The van der Waals surface area contributed by atoms with Gasteiger partial charge in [-0.15, -0.1) is 0 Å². The minimum Gasteiger partial charge on any atom is -0.453 e. The number of fused-ring (bicyclic) bond motifs is 1. The van der Waals surface area contributed by atoms with Gasteiger partial charge in [0.25, 0.3) is 0 Å². The van der Waals surface area contributed by atoms with Gasteiger partial charge >= 0.3 is 0 Å². The Balaban J connectivity index is 1.95. The molecular weight excluding hydrogens is 216 g/mol. The molecule has 1 aliphatic heterocycles. The normalized spacial score (nSPS) is 24.3. The van der Waals surface area contributed by atoms with Crippen LogP contribution in [0.3, 0.4) is 0 Å². The molecule has 88 valence electrons. The second-order valence-corrected chi connectivity index (χ2v) is 4.57. The van der Waals surface area contributed by atoms with Gasteiger partial charge < -0.3 is 9.15 Å². The van der Waals surface area contributed by atoms with E-state index in [2.05, 4.69) is 0 Å². The molecule has 1 aliphatic rings. The highest BCUT2D eigenvalue weighted by Crippen LogP contribution is 2.26. The van der Waals surface area contributed by atoms with Crippen LogP contribution in [0.4, 0.5) is 0 Å². The molecule has 0 saturated carbocycles. The molecule has 1 aromatic heterocycles. The maximum Gasteiger partial charge on any atom is 0.226 e. The molecule has 0 aliphatic carbocycles. The van der Waals surface area contributed by atoms with Crippen molar-refractivity contribution >= 4 is 16.8 Å². The summed E-state index contributed by atoms with van der Waals surface area (Å²) in [5.74, 6) is 0.645. The van der Waals surface area contributed by atoms with Crippen LogP contribution in [0.25, 0.3) is 11.0 Å². The lowest BCUT2D eigenvalue weighted by atomic mass is 9.99. The van der Waals surface area contributed by atoms with Crippen LogP contribution in [0.5, 0.6) is 0 Å². The topological polar surface area (TPSA) is 39.4 Å². The number of rotatable bonds is 2. The van der Waals surface area contributed by atoms with Crippen LogP contribution in [0.1, 0.15) is 23.9 Å². The average Bonchev–Trinajstić information content (AvgIpc) is 2.93. The zero-order chi connectivity index (χ0) is 11.8. The number of hydrogen-bond acceptors (Lipinski definition) is 3. The number of ketones is 1. The van der Waals surface area contributed by atoms with Crippen LogP contribution >= 0.6 is 0 Å². The summed E-state index contributed by atoms with van der Waals surface area (Å²) in [6.45, 7) is 2.70. The molecule has 2 heterocycles. The zero-order valence-electron chi connectivity index (χ0n) is 9.68. The van der Waals surface area contributed by atoms with E-state index in [1.807, 2.05) is 31.2 Å². The molecule has 0 bridgehead atoms. The summed E-state index contributed by atoms with van der Waals surface area (Å²) >= 11 is 0. The summed E-state index contributed by atoms with van der Waals surface area (Å²) in [4.78, 5) is 12.2. The highest BCUT2D eigenvalue weighted by Gasteiger charge is 2.33. The smallest absolute Gasteiger partial charge is 0.226 e. The summed E-state index contributed by atoms with van der Waals surface area (Å²) < 4.78 is 11.0. The van der Waals surface area contributed by atoms with Crippen molar-refractivity contribution in [1.29, 1.82) is 0 Å². The third-order valence-corrected chi connectivity index (χ3v) is 3.31. The molecule has 0 N–H and O–H groups in total. The molecular formula is C14H14O3. The van der Waals surface area contributed by atoms with E-state index in [4.69, 9.17) is 9.15 Å². The Morgan fingerprint density at radius 1 is 1.35 bits per heavy atom. The number of para-hydroxylation sites is 1. The Morgan fingerprint density at radius 2 is 2.18 bits per heavy atom. The Hall–Kier alpha value is -1.61. The fourth-order valence-electron chi connectivity index (χ4n) is 2.27. The summed E-state index contributed by atoms with van der Waals surface area (Å²) in [7, 11) is 0. The minimum absolute atomic E-state index is 0.0359. The monoisotopic (exact) mass is 230 g/mol. The molecule has 3 heteroatoms. The largest absolute Gasteiger partial charge is 0.453 e. The van der Waals surface area contributed by atoms with Crippen molar-refractivity contribution in [2.45, 2.75) is 19.4 Å². The lowest BCUT2D eigenvalue weighted by Gasteiger charge is -2.10. The van der Waals surface area contributed by atoms with Crippen LogP contribution in [0.15, 0.2) is 34.7 Å². The lowest BCUT2D eigenvalue weighted by Crippen LogP contribution is -2.24. The number of Topliss-reactive ketones (excluding diaryl/α,β-unsaturated/α-hetero) is 1. The van der Waals surface area contributed by atoms with E-state index < -0.39 is 0 Å². The molecule has 3 rings (SSSR count). The molecule has 3 nitrogen and oxygen atoms in total. The van der Waals surface area contributed by atoms with Gasteiger partial charge in [0.05, 0.1) is 0 Å². The van der Waals surface area contributed by atoms with Gasteiger partial charge in [-0.3, -0.25) is 4.79 Å². The number of furan rings is 1. The first kappa shape index (κ1) is 10.5. The predicted octanol–water partition coefficient (Wildman–Crippen LogP) is 3.04. The number of carbonyl (C=O) groups is 1. The van der Waals surface area contributed by atoms with Gasteiger partial charge in [0.15, 0.2) is 5.76 Å². The summed E-state index contributed by atoms with van der Waals surface area (Å²) in [5, 5.41) is 0.960. The Morgan fingerprint density at radius 3 is 2.88 bits per heavy atom. The van der Waals surface area contributed by atoms with Crippen molar-refractivity contribution in [2.75, 3.05) is 6.61 Å². The lowest BCUT2D eigenvalue weighted by molar-refractivity contribution is 0.0554. The molecule has 2 atom stereocenters. The number of carbonyl (C=O) groups excluding carboxylic acids is 1. The van der Waals surface area contributed by atoms with E-state index >= 15 is 0 Å². The van der Waals surface area contributed by atoms with Gasteiger partial charge in [0.1, 0.15) is 11.7 Å². The highest BCUT2D eigenvalue weighted by molar-refractivity contribution is 6.00. The van der Waals surface area contributed by atoms with E-state index in [9.17, 15) is 4.79 Å². The molecule has 2 aromatic rings. The van der Waals surface area contributed by atoms with E-state index in [-0.39, 0.29) is 17.8 Å². The third kappa shape index (κ3) is 1.76. The van der Waals surface area contributed by atoms with E-state index in [0.29, 0.717) is 12.4 Å². The molecule has 0 radical (unpaired) electrons. The van der Waals surface area contributed by atoms with Gasteiger partial charge in [0, 0.05) is 12.0 Å². The van der Waals surface area contributed by atoms with Crippen LogP contribution < -0.4 is 0 Å². The van der Waals surface area contributed by atoms with Gasteiger partial charge in [-0.1, -0.05) is 25.1 Å². The van der Waals surface area contributed by atoms with Crippen molar-refractivity contribution < 1.29 is 13.9 Å². The highest BCUT2D eigenvalue weighted by atomic mass is 16.5. The molecule has 1 aromatic carbocycles. The van der Waals surface area contributed by atoms with Crippen LogP contribution in [-0.4, -0.2) is 18.5 Å². The fourth-order valence-corrected chi connectivity index (χ4v) is 2.27. The van der Waals surface area contributed by atoms with Crippen LogP contribution in [-0.2, 0) is 4.74 Å². The first-order valence-electron chi connectivity index (χ1n) is 5.90. The van der Waals surface area contributed by atoms with Crippen LogP contribution in [0.2, 0.25) is 0 Å². The van der Waals surface area contributed by atoms with Crippen molar-refractivity contribution in [3.63, 3.8) is 0 Å². The van der Waals surface area contributed by atoms with Crippen molar-refractivity contribution in [2.24, 2.45) is 5.92 Å².